The molecule has 1 unspecified atom stereocenters. The van der Waals surface area contributed by atoms with Crippen LogP contribution < -0.4 is 0 Å². The van der Waals surface area contributed by atoms with Crippen molar-refractivity contribution in [2.24, 2.45) is 5.92 Å². The zero-order valence-corrected chi connectivity index (χ0v) is 10.2. The highest BCUT2D eigenvalue weighted by Crippen LogP contribution is 2.35. The van der Waals surface area contributed by atoms with E-state index >= 15 is 0 Å². The Kier molecular flexibility index (Phi) is 3.61. The maximum atomic E-state index is 11.1. The molecule has 0 bridgehead atoms. The van der Waals surface area contributed by atoms with E-state index in [1.807, 2.05) is 18.0 Å². The smallest absolute Gasteiger partial charge is 0.321 e. The first-order chi connectivity index (χ1) is 7.68. The molecule has 3 nitrogen and oxygen atoms in total. The van der Waals surface area contributed by atoms with Crippen molar-refractivity contribution in [3.05, 3.63) is 22.4 Å². The molecule has 0 spiro atoms. The number of likely N-dealkylation sites (N-methyl/N-ethyl adjacent to an activating group) is 1. The van der Waals surface area contributed by atoms with Gasteiger partial charge in [-0.2, -0.15) is 0 Å². The summed E-state index contributed by atoms with van der Waals surface area (Å²) in [6.07, 6.45) is 3.09. The Bertz CT molecular complexity index is 346. The van der Waals surface area contributed by atoms with Crippen LogP contribution in [0.5, 0.6) is 0 Å². The molecular weight excluding hydrogens is 222 g/mol. The van der Waals surface area contributed by atoms with Crippen LogP contribution >= 0.6 is 11.3 Å². The van der Waals surface area contributed by atoms with E-state index in [1.54, 1.807) is 11.3 Å². The van der Waals surface area contributed by atoms with Crippen LogP contribution in [0.3, 0.4) is 0 Å². The molecule has 0 aliphatic heterocycles. The highest BCUT2D eigenvalue weighted by molar-refractivity contribution is 7.09. The molecule has 1 N–H and O–H groups in total. The Morgan fingerprint density at radius 3 is 2.94 bits per heavy atom. The molecule has 88 valence electrons. The summed E-state index contributed by atoms with van der Waals surface area (Å²) in [6.45, 7) is 0.827. The minimum absolute atomic E-state index is 0.278. The van der Waals surface area contributed by atoms with E-state index in [1.165, 1.54) is 4.88 Å². The number of carboxylic acids is 1. The normalized spacial score (nSPS) is 17.6. The summed E-state index contributed by atoms with van der Waals surface area (Å²) < 4.78 is 0. The number of carboxylic acid groups (broad SMARTS) is 1. The lowest BCUT2D eigenvalue weighted by atomic mass is 10.1. The molecule has 4 heteroatoms. The fourth-order valence-corrected chi connectivity index (χ4v) is 2.74. The second-order valence-corrected chi connectivity index (χ2v) is 5.46. The standard InChI is InChI=1S/C12H17NO2S/c1-13(7-6-10-3-2-8-16-10)11(12(14)15)9-4-5-9/h2-3,8-9,11H,4-7H2,1H3,(H,14,15). The van der Waals surface area contributed by atoms with Gasteiger partial charge < -0.3 is 5.11 Å². The summed E-state index contributed by atoms with van der Waals surface area (Å²) in [5.74, 6) is -0.290. The Balaban J connectivity index is 1.85. The van der Waals surface area contributed by atoms with Gasteiger partial charge in [-0.3, -0.25) is 9.69 Å². The molecule has 1 atom stereocenters. The highest BCUT2D eigenvalue weighted by Gasteiger charge is 2.38. The van der Waals surface area contributed by atoms with Gasteiger partial charge in [0.05, 0.1) is 0 Å². The Labute approximate surface area is 99.7 Å². The summed E-state index contributed by atoms with van der Waals surface area (Å²) in [5.41, 5.74) is 0. The average Bonchev–Trinajstić information content (AvgIpc) is 2.92. The zero-order chi connectivity index (χ0) is 11.5. The summed E-state index contributed by atoms with van der Waals surface area (Å²) in [5, 5.41) is 11.2. The van der Waals surface area contributed by atoms with Crippen LogP contribution in [0.25, 0.3) is 0 Å². The quantitative estimate of drug-likeness (QED) is 0.826. The van der Waals surface area contributed by atoms with Crippen molar-refractivity contribution >= 4 is 17.3 Å². The predicted molar refractivity (Wildman–Crippen MR) is 64.8 cm³/mol. The van der Waals surface area contributed by atoms with Gasteiger partial charge in [-0.1, -0.05) is 6.07 Å². The van der Waals surface area contributed by atoms with Crippen LogP contribution in [0, 0.1) is 5.92 Å². The van der Waals surface area contributed by atoms with Crippen LogP contribution in [-0.2, 0) is 11.2 Å². The third-order valence-corrected chi connectivity index (χ3v) is 4.02. The SMILES string of the molecule is CN(CCc1cccs1)C(C(=O)O)C1CC1. The van der Waals surface area contributed by atoms with E-state index in [9.17, 15) is 9.90 Å². The number of thiophene rings is 1. The molecule has 0 radical (unpaired) electrons. The topological polar surface area (TPSA) is 40.5 Å². The summed E-state index contributed by atoms with van der Waals surface area (Å²) in [7, 11) is 1.92. The molecule has 1 aromatic heterocycles. The van der Waals surface area contributed by atoms with Gasteiger partial charge in [-0.25, -0.2) is 0 Å². The van der Waals surface area contributed by atoms with E-state index in [0.717, 1.165) is 25.8 Å². The zero-order valence-electron chi connectivity index (χ0n) is 9.43. The second kappa shape index (κ2) is 4.97. The van der Waals surface area contributed by atoms with Crippen molar-refractivity contribution in [1.29, 1.82) is 0 Å². The van der Waals surface area contributed by atoms with Crippen molar-refractivity contribution in [2.45, 2.75) is 25.3 Å². The Morgan fingerprint density at radius 1 is 1.69 bits per heavy atom. The third kappa shape index (κ3) is 2.83. The van der Waals surface area contributed by atoms with Crippen molar-refractivity contribution in [2.75, 3.05) is 13.6 Å². The van der Waals surface area contributed by atoms with Crippen LogP contribution in [0.15, 0.2) is 17.5 Å². The van der Waals surface area contributed by atoms with E-state index in [-0.39, 0.29) is 6.04 Å². The molecule has 1 aliphatic rings. The maximum Gasteiger partial charge on any atom is 0.321 e. The molecule has 0 aromatic carbocycles. The van der Waals surface area contributed by atoms with Gasteiger partial charge in [0.15, 0.2) is 0 Å². The predicted octanol–water partition coefficient (Wildman–Crippen LogP) is 2.09. The lowest BCUT2D eigenvalue weighted by Gasteiger charge is -2.24. The number of carbonyl (C=O) groups is 1. The molecular formula is C12H17NO2S. The first-order valence-corrected chi connectivity index (χ1v) is 6.52. The fraction of sp³-hybridized carbons (Fsp3) is 0.583. The molecule has 0 saturated heterocycles. The van der Waals surface area contributed by atoms with Crippen molar-refractivity contribution < 1.29 is 9.90 Å². The lowest BCUT2D eigenvalue weighted by Crippen LogP contribution is -2.41. The van der Waals surface area contributed by atoms with Crippen LogP contribution in [-0.4, -0.2) is 35.6 Å². The average molecular weight is 239 g/mol. The van der Waals surface area contributed by atoms with E-state index < -0.39 is 5.97 Å². The first-order valence-electron chi connectivity index (χ1n) is 5.64. The molecule has 1 aliphatic carbocycles. The summed E-state index contributed by atoms with van der Waals surface area (Å²) >= 11 is 1.73. The van der Waals surface area contributed by atoms with Crippen molar-refractivity contribution in [1.82, 2.24) is 4.90 Å². The van der Waals surface area contributed by atoms with Gasteiger partial charge in [-0.05, 0) is 43.7 Å². The molecule has 1 saturated carbocycles. The minimum atomic E-state index is -0.670. The number of hydrogen-bond acceptors (Lipinski definition) is 3. The number of nitrogens with zero attached hydrogens (tertiary/aromatic N) is 1. The van der Waals surface area contributed by atoms with E-state index in [4.69, 9.17) is 0 Å². The lowest BCUT2D eigenvalue weighted by molar-refractivity contribution is -0.143. The number of rotatable bonds is 6. The monoisotopic (exact) mass is 239 g/mol. The second-order valence-electron chi connectivity index (χ2n) is 4.43. The van der Waals surface area contributed by atoms with Crippen LogP contribution in [0.2, 0.25) is 0 Å². The fourth-order valence-electron chi connectivity index (χ4n) is 2.04. The molecule has 0 amide bonds. The molecule has 1 heterocycles. The van der Waals surface area contributed by atoms with Crippen LogP contribution in [0.1, 0.15) is 17.7 Å². The van der Waals surface area contributed by atoms with Crippen LogP contribution in [0.4, 0.5) is 0 Å². The number of aliphatic carboxylic acids is 1. The Hall–Kier alpha value is -0.870. The summed E-state index contributed by atoms with van der Waals surface area (Å²) in [4.78, 5) is 14.5. The molecule has 1 fully saturated rings. The van der Waals surface area contributed by atoms with Gasteiger partial charge in [0.1, 0.15) is 6.04 Å². The van der Waals surface area contributed by atoms with Gasteiger partial charge in [0.25, 0.3) is 0 Å². The van der Waals surface area contributed by atoms with Gasteiger partial charge >= 0.3 is 5.97 Å². The molecule has 2 rings (SSSR count). The molecule has 1 aromatic rings. The minimum Gasteiger partial charge on any atom is -0.480 e. The van der Waals surface area contributed by atoms with Gasteiger partial charge in [0, 0.05) is 11.4 Å². The number of hydrogen-bond donors (Lipinski definition) is 1. The third-order valence-electron chi connectivity index (χ3n) is 3.09. The first kappa shape index (κ1) is 11.6. The Morgan fingerprint density at radius 2 is 2.44 bits per heavy atom. The highest BCUT2D eigenvalue weighted by atomic mass is 32.1. The largest absolute Gasteiger partial charge is 0.480 e. The van der Waals surface area contributed by atoms with Gasteiger partial charge in [0.2, 0.25) is 0 Å². The van der Waals surface area contributed by atoms with Gasteiger partial charge in [-0.15, -0.1) is 11.3 Å². The van der Waals surface area contributed by atoms with Crippen molar-refractivity contribution in [3.8, 4) is 0 Å². The van der Waals surface area contributed by atoms with Crippen molar-refractivity contribution in [3.63, 3.8) is 0 Å². The van der Waals surface area contributed by atoms with E-state index in [0.29, 0.717) is 5.92 Å². The molecule has 16 heavy (non-hydrogen) atoms. The summed E-state index contributed by atoms with van der Waals surface area (Å²) in [6, 6.07) is 3.86. The van der Waals surface area contributed by atoms with E-state index in [2.05, 4.69) is 11.4 Å². The maximum absolute atomic E-state index is 11.1.